The molecule has 0 aliphatic heterocycles. The number of hydrogen-bond acceptors (Lipinski definition) is 5. The number of fused-ring (bicyclic) bond motifs is 1. The monoisotopic (exact) mass is 392 g/mol. The van der Waals surface area contributed by atoms with Gasteiger partial charge >= 0.3 is 0 Å². The molecule has 2 aromatic heterocycles. The number of imidazole rings is 1. The Hall–Kier alpha value is -3.03. The lowest BCUT2D eigenvalue weighted by molar-refractivity contribution is 0.102. The molecular weight excluding hydrogens is 372 g/mol. The fourth-order valence-corrected chi connectivity index (χ4v) is 3.94. The van der Waals surface area contributed by atoms with Crippen LogP contribution in [0.5, 0.6) is 0 Å². The molecule has 0 spiro atoms. The summed E-state index contributed by atoms with van der Waals surface area (Å²) in [5, 5.41) is 15.4. The Kier molecular flexibility index (Phi) is 4.93. The minimum absolute atomic E-state index is 0.249. The molecule has 0 aliphatic rings. The maximum absolute atomic E-state index is 12.6. The van der Waals surface area contributed by atoms with E-state index in [1.165, 1.54) is 16.9 Å². The summed E-state index contributed by atoms with van der Waals surface area (Å²) in [5.74, 6) is 0.338. The van der Waals surface area contributed by atoms with Gasteiger partial charge < -0.3 is 15.0 Å². The minimum Gasteiger partial charge on any atom is -0.385 e. The third-order valence-electron chi connectivity index (χ3n) is 4.53. The van der Waals surface area contributed by atoms with E-state index in [0.29, 0.717) is 23.6 Å². The van der Waals surface area contributed by atoms with E-state index in [2.05, 4.69) is 15.3 Å². The Morgan fingerprint density at radius 1 is 1.21 bits per heavy atom. The molecule has 142 valence electrons. The Bertz CT molecular complexity index is 1130. The van der Waals surface area contributed by atoms with Crippen molar-refractivity contribution in [3.05, 3.63) is 76.0 Å². The van der Waals surface area contributed by atoms with Crippen LogP contribution in [0.4, 0.5) is 5.69 Å². The Morgan fingerprint density at radius 3 is 2.75 bits per heavy atom. The van der Waals surface area contributed by atoms with Crippen molar-refractivity contribution in [2.75, 3.05) is 5.32 Å². The van der Waals surface area contributed by atoms with Gasteiger partial charge in [0.2, 0.25) is 0 Å². The van der Waals surface area contributed by atoms with Gasteiger partial charge in [0.1, 0.15) is 17.6 Å². The van der Waals surface area contributed by atoms with Crippen LogP contribution in [-0.4, -0.2) is 25.5 Å². The molecule has 6 nitrogen and oxygen atoms in total. The van der Waals surface area contributed by atoms with Crippen LogP contribution in [0.3, 0.4) is 0 Å². The highest BCUT2D eigenvalue weighted by Crippen LogP contribution is 2.23. The molecule has 0 saturated carbocycles. The summed E-state index contributed by atoms with van der Waals surface area (Å²) in [6.45, 7) is 1.68. The van der Waals surface area contributed by atoms with Crippen molar-refractivity contribution in [2.45, 2.75) is 19.4 Å². The molecule has 2 heterocycles. The SMILES string of the molecule is CC(O)c1nc2cc(NC(=O)c3csc(Cc4ccccc4)n3)ccc2n1C. The number of anilines is 1. The molecule has 1 amide bonds. The lowest BCUT2D eigenvalue weighted by Gasteiger charge is -2.05. The van der Waals surface area contributed by atoms with Gasteiger partial charge in [-0.15, -0.1) is 11.3 Å². The summed E-state index contributed by atoms with van der Waals surface area (Å²) < 4.78 is 1.85. The largest absolute Gasteiger partial charge is 0.385 e. The summed E-state index contributed by atoms with van der Waals surface area (Å²) in [4.78, 5) is 21.5. The number of nitrogens with zero attached hydrogens (tertiary/aromatic N) is 3. The molecule has 0 saturated heterocycles. The molecule has 4 aromatic rings. The number of hydrogen-bond donors (Lipinski definition) is 2. The second-order valence-corrected chi connectivity index (χ2v) is 7.59. The van der Waals surface area contributed by atoms with Gasteiger partial charge in [-0.2, -0.15) is 0 Å². The van der Waals surface area contributed by atoms with Gasteiger partial charge in [0.25, 0.3) is 5.91 Å². The van der Waals surface area contributed by atoms with E-state index in [1.807, 2.05) is 54.1 Å². The molecule has 0 bridgehead atoms. The van der Waals surface area contributed by atoms with Crippen molar-refractivity contribution in [2.24, 2.45) is 7.05 Å². The Morgan fingerprint density at radius 2 is 2.00 bits per heavy atom. The lowest BCUT2D eigenvalue weighted by atomic mass is 10.2. The fraction of sp³-hybridized carbons (Fsp3) is 0.190. The first kappa shape index (κ1) is 18.3. The predicted molar refractivity (Wildman–Crippen MR) is 111 cm³/mol. The zero-order chi connectivity index (χ0) is 19.7. The molecule has 1 unspecified atom stereocenters. The Balaban J connectivity index is 1.50. The van der Waals surface area contributed by atoms with E-state index in [9.17, 15) is 9.90 Å². The van der Waals surface area contributed by atoms with Gasteiger partial charge in [0, 0.05) is 24.5 Å². The molecule has 0 fully saturated rings. The molecule has 7 heteroatoms. The second kappa shape index (κ2) is 7.53. The first-order valence-corrected chi connectivity index (χ1v) is 9.83. The molecule has 4 rings (SSSR count). The van der Waals surface area contributed by atoms with Crippen molar-refractivity contribution in [3.63, 3.8) is 0 Å². The van der Waals surface area contributed by atoms with Crippen LogP contribution >= 0.6 is 11.3 Å². The van der Waals surface area contributed by atoms with Gasteiger partial charge in [-0.25, -0.2) is 9.97 Å². The topological polar surface area (TPSA) is 80.0 Å². The first-order valence-electron chi connectivity index (χ1n) is 8.95. The number of benzene rings is 2. The van der Waals surface area contributed by atoms with E-state index in [-0.39, 0.29) is 5.91 Å². The summed E-state index contributed by atoms with van der Waals surface area (Å²) in [7, 11) is 1.86. The molecule has 2 N–H and O–H groups in total. The third-order valence-corrected chi connectivity index (χ3v) is 5.38. The van der Waals surface area contributed by atoms with E-state index in [4.69, 9.17) is 0 Å². The number of aromatic nitrogens is 3. The van der Waals surface area contributed by atoms with E-state index in [1.54, 1.807) is 18.4 Å². The minimum atomic E-state index is -0.659. The van der Waals surface area contributed by atoms with Crippen molar-refractivity contribution in [1.29, 1.82) is 0 Å². The quantitative estimate of drug-likeness (QED) is 0.539. The fourth-order valence-electron chi connectivity index (χ4n) is 3.13. The number of rotatable bonds is 5. The number of amides is 1. The summed E-state index contributed by atoms with van der Waals surface area (Å²) in [6, 6.07) is 15.6. The van der Waals surface area contributed by atoms with Crippen LogP contribution in [0.15, 0.2) is 53.9 Å². The molecule has 0 aliphatic carbocycles. The first-order chi connectivity index (χ1) is 13.5. The van der Waals surface area contributed by atoms with Crippen LogP contribution < -0.4 is 5.32 Å². The number of aryl methyl sites for hydroxylation is 1. The highest BCUT2D eigenvalue weighted by molar-refractivity contribution is 7.09. The van der Waals surface area contributed by atoms with Crippen molar-refractivity contribution in [3.8, 4) is 0 Å². The second-order valence-electron chi connectivity index (χ2n) is 6.65. The zero-order valence-corrected chi connectivity index (χ0v) is 16.4. The van der Waals surface area contributed by atoms with Gasteiger partial charge in [-0.1, -0.05) is 30.3 Å². The van der Waals surface area contributed by atoms with Crippen molar-refractivity contribution >= 4 is 34.0 Å². The number of carbonyl (C=O) groups is 1. The maximum atomic E-state index is 12.6. The number of aliphatic hydroxyl groups is 1. The van der Waals surface area contributed by atoms with Gasteiger partial charge in [-0.3, -0.25) is 4.79 Å². The van der Waals surface area contributed by atoms with Crippen LogP contribution in [0.2, 0.25) is 0 Å². The summed E-state index contributed by atoms with van der Waals surface area (Å²) >= 11 is 1.48. The molecule has 2 aromatic carbocycles. The molecule has 1 atom stereocenters. The summed E-state index contributed by atoms with van der Waals surface area (Å²) in [6.07, 6.45) is 0.0503. The average Bonchev–Trinajstić information content (AvgIpc) is 3.27. The van der Waals surface area contributed by atoms with Gasteiger partial charge in [0.15, 0.2) is 0 Å². The van der Waals surface area contributed by atoms with E-state index >= 15 is 0 Å². The predicted octanol–water partition coefficient (Wildman–Crippen LogP) is 3.93. The van der Waals surface area contributed by atoms with Crippen LogP contribution in [0, 0.1) is 0 Å². The highest BCUT2D eigenvalue weighted by atomic mass is 32.1. The molecule has 28 heavy (non-hydrogen) atoms. The van der Waals surface area contributed by atoms with Crippen molar-refractivity contribution < 1.29 is 9.90 Å². The van der Waals surface area contributed by atoms with Crippen LogP contribution in [0.25, 0.3) is 11.0 Å². The standard InChI is InChI=1S/C21H20N4O2S/c1-13(26)20-24-16-11-15(8-9-18(16)25(20)2)22-21(27)17-12-28-19(23-17)10-14-6-4-3-5-7-14/h3-9,11-13,26H,10H2,1-2H3,(H,22,27). The van der Waals surface area contributed by atoms with E-state index < -0.39 is 6.10 Å². The maximum Gasteiger partial charge on any atom is 0.275 e. The smallest absolute Gasteiger partial charge is 0.275 e. The number of nitrogens with one attached hydrogen (secondary N) is 1. The van der Waals surface area contributed by atoms with E-state index in [0.717, 1.165) is 16.0 Å². The Labute approximate surface area is 166 Å². The van der Waals surface area contributed by atoms with Crippen molar-refractivity contribution in [1.82, 2.24) is 14.5 Å². The van der Waals surface area contributed by atoms with Crippen LogP contribution in [-0.2, 0) is 13.5 Å². The van der Waals surface area contributed by atoms with Gasteiger partial charge in [-0.05, 0) is 30.7 Å². The normalized spacial score (nSPS) is 12.2. The highest BCUT2D eigenvalue weighted by Gasteiger charge is 2.15. The zero-order valence-electron chi connectivity index (χ0n) is 15.6. The molecule has 0 radical (unpaired) electrons. The number of aliphatic hydroxyl groups excluding tert-OH is 1. The summed E-state index contributed by atoms with van der Waals surface area (Å²) in [5.41, 5.74) is 3.83. The third kappa shape index (κ3) is 3.67. The molecular formula is C21H20N4O2S. The van der Waals surface area contributed by atoms with Crippen LogP contribution in [0.1, 0.15) is 39.9 Å². The van der Waals surface area contributed by atoms with Gasteiger partial charge in [0.05, 0.1) is 16.0 Å². The average molecular weight is 392 g/mol. The lowest BCUT2D eigenvalue weighted by Crippen LogP contribution is -2.12. The number of thiazole rings is 1. The number of carbonyl (C=O) groups excluding carboxylic acids is 1.